The molecule has 0 fully saturated rings. The Morgan fingerprint density at radius 1 is 1.75 bits per heavy atom. The molecule has 0 aliphatic rings. The smallest absolute Gasteiger partial charge is 0.163 e. The molecule has 0 aromatic carbocycles. The van der Waals surface area contributed by atoms with E-state index in [1.165, 1.54) is 0 Å². The molecule has 1 aromatic heterocycles. The van der Waals surface area contributed by atoms with E-state index >= 15 is 0 Å². The van der Waals surface area contributed by atoms with Crippen molar-refractivity contribution in [2.24, 2.45) is 5.92 Å². The summed E-state index contributed by atoms with van der Waals surface area (Å²) in [4.78, 5) is 0. The molecule has 0 unspecified atom stereocenters. The van der Waals surface area contributed by atoms with Crippen LogP contribution in [0.15, 0.2) is 6.20 Å². The average molecular weight is 164 g/mol. The third kappa shape index (κ3) is 1.76. The van der Waals surface area contributed by atoms with E-state index in [1.807, 2.05) is 6.07 Å². The summed E-state index contributed by atoms with van der Waals surface area (Å²) < 4.78 is 1.71. The number of nitrogens with zero attached hydrogens (tertiary/aromatic N) is 3. The van der Waals surface area contributed by atoms with Crippen molar-refractivity contribution in [2.75, 3.05) is 5.73 Å². The zero-order valence-corrected chi connectivity index (χ0v) is 7.28. The lowest BCUT2D eigenvalue weighted by Crippen LogP contribution is -2.04. The minimum Gasteiger partial charge on any atom is -0.381 e. The number of anilines is 1. The van der Waals surface area contributed by atoms with Gasteiger partial charge in [0.2, 0.25) is 0 Å². The molecule has 0 atom stereocenters. The molecule has 1 aromatic rings. The predicted octanol–water partition coefficient (Wildman–Crippen LogP) is 0.993. The molecule has 0 saturated carbocycles. The first kappa shape index (κ1) is 8.60. The molecular weight excluding hydrogens is 152 g/mol. The average Bonchev–Trinajstić information content (AvgIpc) is 2.29. The van der Waals surface area contributed by atoms with Gasteiger partial charge in [0.05, 0.1) is 0 Å². The van der Waals surface area contributed by atoms with Crippen molar-refractivity contribution in [3.63, 3.8) is 0 Å². The Hall–Kier alpha value is -1.50. The van der Waals surface area contributed by atoms with Crippen molar-refractivity contribution in [1.82, 2.24) is 9.78 Å². The lowest BCUT2D eigenvalue weighted by molar-refractivity contribution is 0.484. The fourth-order valence-electron chi connectivity index (χ4n) is 0.990. The highest BCUT2D eigenvalue weighted by Gasteiger charge is 2.04. The van der Waals surface area contributed by atoms with Crippen LogP contribution in [0, 0.1) is 17.2 Å². The van der Waals surface area contributed by atoms with E-state index in [-0.39, 0.29) is 0 Å². The lowest BCUT2D eigenvalue weighted by Gasteiger charge is -2.02. The topological polar surface area (TPSA) is 67.6 Å². The highest BCUT2D eigenvalue weighted by molar-refractivity contribution is 5.46. The van der Waals surface area contributed by atoms with E-state index < -0.39 is 0 Å². The maximum absolute atomic E-state index is 8.58. The van der Waals surface area contributed by atoms with Crippen LogP contribution in [0.3, 0.4) is 0 Å². The Kier molecular flexibility index (Phi) is 2.34. The molecule has 4 nitrogen and oxygen atoms in total. The molecule has 2 N–H and O–H groups in total. The van der Waals surface area contributed by atoms with Gasteiger partial charge in [0.1, 0.15) is 11.6 Å². The van der Waals surface area contributed by atoms with E-state index in [1.54, 1.807) is 10.9 Å². The quantitative estimate of drug-likeness (QED) is 0.708. The first-order chi connectivity index (χ1) is 5.63. The van der Waals surface area contributed by atoms with Crippen LogP contribution in [-0.4, -0.2) is 9.78 Å². The van der Waals surface area contributed by atoms with Gasteiger partial charge < -0.3 is 5.73 Å². The second-order valence-corrected chi connectivity index (χ2v) is 3.16. The van der Waals surface area contributed by atoms with Crippen molar-refractivity contribution < 1.29 is 0 Å². The van der Waals surface area contributed by atoms with Crippen molar-refractivity contribution in [1.29, 1.82) is 5.26 Å². The standard InChI is InChI=1S/C8H12N4/c1-6(2)4-12-5-7(3-9)8(10)11-12/h5-6H,4H2,1-2H3,(H2,10,11). The summed E-state index contributed by atoms with van der Waals surface area (Å²) in [5.41, 5.74) is 5.93. The third-order valence-corrected chi connectivity index (χ3v) is 1.46. The zero-order chi connectivity index (χ0) is 9.14. The van der Waals surface area contributed by atoms with E-state index in [4.69, 9.17) is 11.0 Å². The van der Waals surface area contributed by atoms with E-state index in [9.17, 15) is 0 Å². The summed E-state index contributed by atoms with van der Waals surface area (Å²) >= 11 is 0. The minimum atomic E-state index is 0.318. The minimum absolute atomic E-state index is 0.318. The number of rotatable bonds is 2. The molecule has 0 amide bonds. The summed E-state index contributed by atoms with van der Waals surface area (Å²) in [6, 6.07) is 1.98. The molecule has 0 bridgehead atoms. The Morgan fingerprint density at radius 2 is 2.42 bits per heavy atom. The molecule has 12 heavy (non-hydrogen) atoms. The van der Waals surface area contributed by atoms with Crippen LogP contribution in [0.5, 0.6) is 0 Å². The monoisotopic (exact) mass is 164 g/mol. The van der Waals surface area contributed by atoms with Crippen LogP contribution in [0.2, 0.25) is 0 Å². The van der Waals surface area contributed by atoms with Gasteiger partial charge in [0.15, 0.2) is 5.82 Å². The number of hydrogen-bond donors (Lipinski definition) is 1. The first-order valence-electron chi connectivity index (χ1n) is 3.86. The highest BCUT2D eigenvalue weighted by atomic mass is 15.3. The second-order valence-electron chi connectivity index (χ2n) is 3.16. The number of aromatic nitrogens is 2. The van der Waals surface area contributed by atoms with Gasteiger partial charge in [-0.05, 0) is 5.92 Å². The molecule has 4 heteroatoms. The van der Waals surface area contributed by atoms with E-state index in [0.29, 0.717) is 17.3 Å². The van der Waals surface area contributed by atoms with E-state index in [2.05, 4.69) is 18.9 Å². The Morgan fingerprint density at radius 3 is 2.83 bits per heavy atom. The van der Waals surface area contributed by atoms with Crippen LogP contribution in [0.25, 0.3) is 0 Å². The van der Waals surface area contributed by atoms with Crippen LogP contribution >= 0.6 is 0 Å². The second kappa shape index (κ2) is 3.26. The van der Waals surface area contributed by atoms with Gasteiger partial charge >= 0.3 is 0 Å². The number of hydrogen-bond acceptors (Lipinski definition) is 3. The molecule has 0 aliphatic heterocycles. The Bertz CT molecular complexity index is 305. The van der Waals surface area contributed by atoms with Crippen LogP contribution in [0.1, 0.15) is 19.4 Å². The van der Waals surface area contributed by atoms with Gasteiger partial charge in [-0.25, -0.2) is 0 Å². The molecule has 0 aliphatic carbocycles. The highest BCUT2D eigenvalue weighted by Crippen LogP contribution is 2.08. The lowest BCUT2D eigenvalue weighted by atomic mass is 10.2. The number of nitriles is 1. The van der Waals surface area contributed by atoms with Crippen molar-refractivity contribution in [3.8, 4) is 6.07 Å². The summed E-state index contributed by atoms with van der Waals surface area (Å²) in [6.07, 6.45) is 1.68. The first-order valence-corrected chi connectivity index (χ1v) is 3.86. The zero-order valence-electron chi connectivity index (χ0n) is 7.28. The molecular formula is C8H12N4. The molecule has 1 heterocycles. The van der Waals surface area contributed by atoms with Crippen molar-refractivity contribution in [2.45, 2.75) is 20.4 Å². The Labute approximate surface area is 71.6 Å². The SMILES string of the molecule is CC(C)Cn1cc(C#N)c(N)n1. The summed E-state index contributed by atoms with van der Waals surface area (Å²) in [6.45, 7) is 4.97. The summed E-state index contributed by atoms with van der Waals surface area (Å²) in [5, 5.41) is 12.6. The van der Waals surface area contributed by atoms with Crippen molar-refractivity contribution in [3.05, 3.63) is 11.8 Å². The van der Waals surface area contributed by atoms with E-state index in [0.717, 1.165) is 6.54 Å². The fourth-order valence-corrected chi connectivity index (χ4v) is 0.990. The van der Waals surface area contributed by atoms with Gasteiger partial charge in [0.25, 0.3) is 0 Å². The molecule has 0 radical (unpaired) electrons. The van der Waals surface area contributed by atoms with Gasteiger partial charge in [0, 0.05) is 12.7 Å². The largest absolute Gasteiger partial charge is 0.381 e. The van der Waals surface area contributed by atoms with Gasteiger partial charge in [-0.3, -0.25) is 4.68 Å². The predicted molar refractivity (Wildman–Crippen MR) is 46.2 cm³/mol. The number of nitrogens with two attached hydrogens (primary N) is 1. The summed E-state index contributed by atoms with van der Waals surface area (Å²) in [7, 11) is 0. The normalized spacial score (nSPS) is 10.2. The Balaban J connectivity index is 2.84. The molecule has 0 saturated heterocycles. The maximum atomic E-state index is 8.58. The molecule has 1 rings (SSSR count). The molecule has 64 valence electrons. The van der Waals surface area contributed by atoms with Gasteiger partial charge in [-0.2, -0.15) is 10.4 Å². The maximum Gasteiger partial charge on any atom is 0.163 e. The van der Waals surface area contributed by atoms with Crippen molar-refractivity contribution >= 4 is 5.82 Å². The fraction of sp³-hybridized carbons (Fsp3) is 0.500. The van der Waals surface area contributed by atoms with Crippen LogP contribution < -0.4 is 5.73 Å². The molecule has 0 spiro atoms. The van der Waals surface area contributed by atoms with Crippen LogP contribution in [-0.2, 0) is 6.54 Å². The van der Waals surface area contributed by atoms with Gasteiger partial charge in [-0.15, -0.1) is 0 Å². The van der Waals surface area contributed by atoms with Crippen LogP contribution in [0.4, 0.5) is 5.82 Å². The summed E-state index contributed by atoms with van der Waals surface area (Å²) in [5.74, 6) is 0.828. The third-order valence-electron chi connectivity index (χ3n) is 1.46. The van der Waals surface area contributed by atoms with Gasteiger partial charge in [-0.1, -0.05) is 13.8 Å². The number of nitrogen functional groups attached to an aromatic ring is 1.